The summed E-state index contributed by atoms with van der Waals surface area (Å²) >= 11 is 3.35. The zero-order valence-corrected chi connectivity index (χ0v) is 9.14. The summed E-state index contributed by atoms with van der Waals surface area (Å²) < 4.78 is 5.52. The molecular formula is C8H11NO3S2. The van der Waals surface area contributed by atoms with E-state index in [1.54, 1.807) is 0 Å². The number of carboxylic acid groups (broad SMARTS) is 1. The van der Waals surface area contributed by atoms with Crippen molar-refractivity contribution in [1.82, 2.24) is 0 Å². The Morgan fingerprint density at radius 2 is 2.43 bits per heavy atom. The minimum atomic E-state index is -0.837. The summed E-state index contributed by atoms with van der Waals surface area (Å²) in [4.78, 5) is 14.8. The molecule has 6 heteroatoms. The number of rotatable bonds is 2. The molecule has 0 aromatic heterocycles. The minimum Gasteiger partial charge on any atom is -0.480 e. The van der Waals surface area contributed by atoms with E-state index >= 15 is 0 Å². The summed E-state index contributed by atoms with van der Waals surface area (Å²) in [6.07, 6.45) is 0.0306. The second-order valence-corrected chi connectivity index (χ2v) is 5.26. The highest BCUT2D eigenvalue weighted by Crippen LogP contribution is 2.25. The van der Waals surface area contributed by atoms with Crippen molar-refractivity contribution >= 4 is 34.5 Å². The number of nitrogens with zero attached hydrogens (tertiary/aromatic N) is 1. The molecule has 2 heterocycles. The summed E-state index contributed by atoms with van der Waals surface area (Å²) in [7, 11) is 0. The molecule has 0 aliphatic carbocycles. The first-order valence-corrected chi connectivity index (χ1v) is 6.54. The maximum Gasteiger partial charge on any atom is 0.329 e. The van der Waals surface area contributed by atoms with Gasteiger partial charge in [-0.1, -0.05) is 0 Å². The fourth-order valence-corrected chi connectivity index (χ4v) is 3.36. The van der Waals surface area contributed by atoms with Crippen LogP contribution in [0, 0.1) is 0 Å². The van der Waals surface area contributed by atoms with E-state index < -0.39 is 12.0 Å². The first kappa shape index (κ1) is 10.3. The molecule has 0 bridgehead atoms. The van der Waals surface area contributed by atoms with Crippen LogP contribution in [0.4, 0.5) is 0 Å². The van der Waals surface area contributed by atoms with Crippen LogP contribution in [0.25, 0.3) is 0 Å². The van der Waals surface area contributed by atoms with Gasteiger partial charge >= 0.3 is 5.97 Å². The lowest BCUT2D eigenvalue weighted by Gasteiger charge is -2.21. The predicted octanol–water partition coefficient (Wildman–Crippen LogP) is 0.717. The molecule has 1 N–H and O–H groups in total. The molecule has 0 spiro atoms. The Morgan fingerprint density at radius 1 is 1.57 bits per heavy atom. The van der Waals surface area contributed by atoms with Crippen LogP contribution < -0.4 is 0 Å². The van der Waals surface area contributed by atoms with E-state index in [4.69, 9.17) is 9.84 Å². The molecule has 2 rings (SSSR count). The number of ether oxygens (including phenoxy) is 1. The average molecular weight is 233 g/mol. The lowest BCUT2D eigenvalue weighted by molar-refractivity contribution is -0.137. The van der Waals surface area contributed by atoms with Gasteiger partial charge in [0.15, 0.2) is 6.04 Å². The van der Waals surface area contributed by atoms with E-state index in [0.717, 1.165) is 23.2 Å². The molecule has 2 unspecified atom stereocenters. The van der Waals surface area contributed by atoms with Gasteiger partial charge in [-0.05, 0) is 0 Å². The largest absolute Gasteiger partial charge is 0.480 e. The van der Waals surface area contributed by atoms with Gasteiger partial charge in [-0.25, -0.2) is 4.79 Å². The molecule has 14 heavy (non-hydrogen) atoms. The van der Waals surface area contributed by atoms with Gasteiger partial charge in [0.05, 0.1) is 11.7 Å². The topological polar surface area (TPSA) is 58.9 Å². The molecule has 0 aromatic carbocycles. The van der Waals surface area contributed by atoms with Gasteiger partial charge in [-0.2, -0.15) is 11.8 Å². The number of aliphatic imine (C=N–C) groups is 1. The zero-order valence-electron chi connectivity index (χ0n) is 7.51. The summed E-state index contributed by atoms with van der Waals surface area (Å²) in [5.74, 6) is 1.64. The van der Waals surface area contributed by atoms with Crippen LogP contribution in [-0.2, 0) is 9.53 Å². The second-order valence-electron chi connectivity index (χ2n) is 3.07. The van der Waals surface area contributed by atoms with Gasteiger partial charge in [0, 0.05) is 17.3 Å². The Labute approximate surface area is 90.5 Å². The molecule has 4 nitrogen and oxygen atoms in total. The third-order valence-corrected chi connectivity index (χ3v) is 4.19. The Hall–Kier alpha value is -0.200. The monoisotopic (exact) mass is 233 g/mol. The smallest absolute Gasteiger partial charge is 0.329 e. The lowest BCUT2D eigenvalue weighted by Crippen LogP contribution is -2.29. The summed E-state index contributed by atoms with van der Waals surface area (Å²) in [5.41, 5.74) is 0. The number of carboxylic acids is 1. The van der Waals surface area contributed by atoms with Crippen LogP contribution in [0.2, 0.25) is 0 Å². The normalized spacial score (nSPS) is 32.7. The first-order chi connectivity index (χ1) is 6.77. The fraction of sp³-hybridized carbons (Fsp3) is 0.750. The van der Waals surface area contributed by atoms with Crippen molar-refractivity contribution in [3.05, 3.63) is 0 Å². The van der Waals surface area contributed by atoms with Crippen LogP contribution in [0.5, 0.6) is 0 Å². The highest BCUT2D eigenvalue weighted by Gasteiger charge is 2.30. The SMILES string of the molecule is O=C(O)C1CSC(C2CSCCO2)=N1. The molecule has 2 aliphatic rings. The number of thioether (sulfide) groups is 2. The standard InChI is InChI=1S/C8H11NO3S2/c10-8(11)5-3-14-7(9-5)6-4-13-2-1-12-6/h5-6H,1-4H2,(H,10,11). The van der Waals surface area contributed by atoms with Crippen molar-refractivity contribution < 1.29 is 14.6 Å². The molecule has 2 atom stereocenters. The van der Waals surface area contributed by atoms with Gasteiger partial charge in [-0.3, -0.25) is 4.99 Å². The van der Waals surface area contributed by atoms with Gasteiger partial charge in [0.1, 0.15) is 6.10 Å². The molecule has 0 radical (unpaired) electrons. The Balaban J connectivity index is 1.97. The van der Waals surface area contributed by atoms with Crippen LogP contribution in [0.3, 0.4) is 0 Å². The zero-order chi connectivity index (χ0) is 9.97. The van der Waals surface area contributed by atoms with E-state index in [2.05, 4.69) is 4.99 Å². The van der Waals surface area contributed by atoms with Crippen LogP contribution in [0.15, 0.2) is 4.99 Å². The highest BCUT2D eigenvalue weighted by atomic mass is 32.2. The van der Waals surface area contributed by atoms with Gasteiger partial charge in [0.2, 0.25) is 0 Å². The first-order valence-electron chi connectivity index (χ1n) is 4.40. The van der Waals surface area contributed by atoms with Crippen molar-refractivity contribution in [2.24, 2.45) is 4.99 Å². The van der Waals surface area contributed by atoms with E-state index in [9.17, 15) is 4.79 Å². The molecule has 1 saturated heterocycles. The highest BCUT2D eigenvalue weighted by molar-refractivity contribution is 8.14. The van der Waals surface area contributed by atoms with E-state index in [1.807, 2.05) is 11.8 Å². The van der Waals surface area contributed by atoms with E-state index in [1.165, 1.54) is 11.8 Å². The molecule has 0 saturated carbocycles. The van der Waals surface area contributed by atoms with Crippen LogP contribution in [-0.4, -0.2) is 52.1 Å². The summed E-state index contributed by atoms with van der Waals surface area (Å²) in [6, 6.07) is -0.564. The van der Waals surface area contributed by atoms with Crippen molar-refractivity contribution in [3.63, 3.8) is 0 Å². The third-order valence-electron chi connectivity index (χ3n) is 2.05. The van der Waals surface area contributed by atoms with Crippen molar-refractivity contribution in [2.45, 2.75) is 12.1 Å². The maximum absolute atomic E-state index is 10.7. The van der Waals surface area contributed by atoms with Gasteiger partial charge < -0.3 is 9.84 Å². The number of carbonyl (C=O) groups is 1. The summed E-state index contributed by atoms with van der Waals surface area (Å²) in [5, 5.41) is 9.63. The maximum atomic E-state index is 10.7. The van der Waals surface area contributed by atoms with Crippen LogP contribution in [0.1, 0.15) is 0 Å². The third kappa shape index (κ3) is 2.24. The van der Waals surface area contributed by atoms with E-state index in [-0.39, 0.29) is 6.10 Å². The van der Waals surface area contributed by atoms with Crippen molar-refractivity contribution in [3.8, 4) is 0 Å². The quantitative estimate of drug-likeness (QED) is 0.761. The lowest BCUT2D eigenvalue weighted by atomic mass is 10.3. The van der Waals surface area contributed by atoms with Crippen molar-refractivity contribution in [1.29, 1.82) is 0 Å². The Bertz CT molecular complexity index is 263. The Morgan fingerprint density at radius 3 is 3.00 bits per heavy atom. The Kier molecular flexibility index (Phi) is 3.35. The molecule has 1 fully saturated rings. The summed E-state index contributed by atoms with van der Waals surface area (Å²) in [6.45, 7) is 0.743. The van der Waals surface area contributed by atoms with E-state index in [0.29, 0.717) is 5.75 Å². The predicted molar refractivity (Wildman–Crippen MR) is 58.4 cm³/mol. The van der Waals surface area contributed by atoms with Gasteiger partial charge in [-0.15, -0.1) is 11.8 Å². The number of aliphatic carboxylic acids is 1. The number of hydrogen-bond donors (Lipinski definition) is 1. The molecular weight excluding hydrogens is 222 g/mol. The second kappa shape index (κ2) is 4.55. The van der Waals surface area contributed by atoms with Crippen molar-refractivity contribution in [2.75, 3.05) is 23.9 Å². The minimum absolute atomic E-state index is 0.0306. The molecule has 2 aliphatic heterocycles. The average Bonchev–Trinajstić information content (AvgIpc) is 2.68. The van der Waals surface area contributed by atoms with Gasteiger partial charge in [0.25, 0.3) is 0 Å². The molecule has 0 amide bonds. The molecule has 0 aromatic rings. The number of hydrogen-bond acceptors (Lipinski definition) is 5. The molecule has 78 valence electrons. The van der Waals surface area contributed by atoms with Crippen LogP contribution >= 0.6 is 23.5 Å². The fourth-order valence-electron chi connectivity index (χ4n) is 1.33.